The highest BCUT2D eigenvalue weighted by Crippen LogP contribution is 2.23. The number of carboxylic acid groups (broad SMARTS) is 1. The van der Waals surface area contributed by atoms with Gasteiger partial charge in [0.2, 0.25) is 0 Å². The fourth-order valence-electron chi connectivity index (χ4n) is 0.693. The van der Waals surface area contributed by atoms with Gasteiger partial charge in [-0.05, 0) is 20.8 Å². The summed E-state index contributed by atoms with van der Waals surface area (Å²) in [6.45, 7) is 5.14. The third-order valence-electron chi connectivity index (χ3n) is 1.62. The lowest BCUT2D eigenvalue weighted by molar-refractivity contribution is -0.304. The van der Waals surface area contributed by atoms with Gasteiger partial charge in [-0.2, -0.15) is 0 Å². The number of carbonyl (C=O) groups is 1. The van der Waals surface area contributed by atoms with Crippen molar-refractivity contribution in [2.24, 2.45) is 0 Å². The number of carbonyl (C=O) groups excluding carboxylic acids is 1. The van der Waals surface area contributed by atoms with Crippen LogP contribution in [0.1, 0.15) is 18.4 Å². The monoisotopic (exact) mass is 200 g/mol. The number of rotatable bonds is 3. The second kappa shape index (κ2) is 3.83. The zero-order valence-electron chi connectivity index (χ0n) is 7.66. The van der Waals surface area contributed by atoms with Gasteiger partial charge in [0.15, 0.2) is 0 Å². The number of aryl methyl sites for hydroxylation is 2. The van der Waals surface area contributed by atoms with Crippen LogP contribution in [0.25, 0.3) is 0 Å². The van der Waals surface area contributed by atoms with E-state index in [1.807, 2.05) is 6.92 Å². The number of hydrogen-bond acceptors (Lipinski definition) is 5. The average Bonchev–Trinajstić information content (AvgIpc) is 2.31. The van der Waals surface area contributed by atoms with Crippen molar-refractivity contribution >= 4 is 17.7 Å². The van der Waals surface area contributed by atoms with Crippen LogP contribution in [0.2, 0.25) is 0 Å². The molecule has 0 aromatic carbocycles. The van der Waals surface area contributed by atoms with Gasteiger partial charge in [0.25, 0.3) is 5.22 Å². The van der Waals surface area contributed by atoms with Gasteiger partial charge < -0.3 is 14.3 Å². The first-order valence-corrected chi connectivity index (χ1v) is 4.70. The minimum atomic E-state index is -1.11. The fourth-order valence-corrected chi connectivity index (χ4v) is 1.45. The highest BCUT2D eigenvalue weighted by molar-refractivity contribution is 8.00. The summed E-state index contributed by atoms with van der Waals surface area (Å²) in [6.07, 6.45) is 0. The van der Waals surface area contributed by atoms with Gasteiger partial charge in [-0.3, -0.25) is 0 Å². The topological polar surface area (TPSA) is 66.2 Å². The molecule has 0 saturated heterocycles. The Morgan fingerprint density at radius 2 is 2.23 bits per heavy atom. The van der Waals surface area contributed by atoms with E-state index in [-0.39, 0.29) is 0 Å². The van der Waals surface area contributed by atoms with Crippen LogP contribution < -0.4 is 5.11 Å². The zero-order valence-corrected chi connectivity index (χ0v) is 8.47. The number of aliphatic carboxylic acids is 1. The first-order chi connectivity index (χ1) is 6.00. The Bertz CT molecular complexity index is 302. The first kappa shape index (κ1) is 10.1. The normalized spacial score (nSPS) is 12.8. The van der Waals surface area contributed by atoms with E-state index in [0.717, 1.165) is 17.5 Å². The molecule has 0 N–H and O–H groups in total. The summed E-state index contributed by atoms with van der Waals surface area (Å²) in [5, 5.41) is 10.1. The SMILES string of the molecule is Cc1nc(S[C@H](C)C(=O)[O-])oc1C. The van der Waals surface area contributed by atoms with Gasteiger partial charge in [-0.15, -0.1) is 0 Å². The summed E-state index contributed by atoms with van der Waals surface area (Å²) < 4.78 is 5.20. The molecule has 0 spiro atoms. The molecule has 0 saturated carbocycles. The van der Waals surface area contributed by atoms with E-state index in [9.17, 15) is 9.90 Å². The van der Waals surface area contributed by atoms with Crippen LogP contribution in [0.4, 0.5) is 0 Å². The minimum absolute atomic E-state index is 0.381. The highest BCUT2D eigenvalue weighted by Gasteiger charge is 2.11. The molecule has 0 aliphatic heterocycles. The first-order valence-electron chi connectivity index (χ1n) is 3.82. The Hall–Kier alpha value is -0.970. The van der Waals surface area contributed by atoms with Gasteiger partial charge in [0.05, 0.1) is 16.9 Å². The number of thioether (sulfide) groups is 1. The Kier molecular flexibility index (Phi) is 2.98. The Morgan fingerprint density at radius 3 is 2.62 bits per heavy atom. The second-order valence-electron chi connectivity index (χ2n) is 2.70. The Balaban J connectivity index is 2.69. The van der Waals surface area contributed by atoms with E-state index < -0.39 is 11.2 Å². The van der Waals surface area contributed by atoms with Crippen molar-refractivity contribution in [3.8, 4) is 0 Å². The molecule has 4 nitrogen and oxygen atoms in total. The van der Waals surface area contributed by atoms with Crippen LogP contribution in [0.15, 0.2) is 9.64 Å². The maximum Gasteiger partial charge on any atom is 0.256 e. The molecule has 1 heterocycles. The summed E-state index contributed by atoms with van der Waals surface area (Å²) in [5.41, 5.74) is 0.785. The molecule has 0 unspecified atom stereocenters. The van der Waals surface area contributed by atoms with Gasteiger partial charge >= 0.3 is 0 Å². The number of hydrogen-bond donors (Lipinski definition) is 0. The number of carboxylic acids is 1. The largest absolute Gasteiger partial charge is 0.549 e. The van der Waals surface area contributed by atoms with Crippen LogP contribution in [-0.4, -0.2) is 16.2 Å². The molecule has 0 radical (unpaired) electrons. The molecule has 1 atom stereocenters. The average molecular weight is 200 g/mol. The standard InChI is InChI=1S/C8H11NO3S/c1-4-5(2)12-8(9-4)13-6(3)7(10)11/h6H,1-3H3,(H,10,11)/p-1/t6-/m1/s1. The molecule has 72 valence electrons. The predicted octanol–water partition coefficient (Wildman–Crippen LogP) is 0.522. The van der Waals surface area contributed by atoms with Gasteiger partial charge in [-0.1, -0.05) is 11.8 Å². The lowest BCUT2D eigenvalue weighted by atomic mass is 10.4. The van der Waals surface area contributed by atoms with Crippen LogP contribution in [0.5, 0.6) is 0 Å². The smallest absolute Gasteiger partial charge is 0.256 e. The van der Waals surface area contributed by atoms with Gasteiger partial charge in [0.1, 0.15) is 5.76 Å². The van der Waals surface area contributed by atoms with Crippen molar-refractivity contribution in [3.05, 3.63) is 11.5 Å². The maximum atomic E-state index is 10.4. The molecule has 0 bridgehead atoms. The quantitative estimate of drug-likeness (QED) is 0.665. The van der Waals surface area contributed by atoms with E-state index in [0.29, 0.717) is 11.0 Å². The van der Waals surface area contributed by atoms with E-state index in [1.54, 1.807) is 6.92 Å². The number of nitrogens with zero attached hydrogens (tertiary/aromatic N) is 1. The molecule has 1 aromatic heterocycles. The fraction of sp³-hybridized carbons (Fsp3) is 0.500. The molecule has 5 heteroatoms. The summed E-state index contributed by atoms with van der Waals surface area (Å²) in [5.74, 6) is -0.397. The predicted molar refractivity (Wildman–Crippen MR) is 46.3 cm³/mol. The molecule has 0 amide bonds. The van der Waals surface area contributed by atoms with Crippen LogP contribution >= 0.6 is 11.8 Å². The molecule has 0 aliphatic carbocycles. The Morgan fingerprint density at radius 1 is 1.62 bits per heavy atom. The van der Waals surface area contributed by atoms with Gasteiger partial charge in [-0.25, -0.2) is 4.98 Å². The van der Waals surface area contributed by atoms with Crippen molar-refractivity contribution in [3.63, 3.8) is 0 Å². The maximum absolute atomic E-state index is 10.4. The molecule has 1 rings (SSSR count). The van der Waals surface area contributed by atoms with Crippen molar-refractivity contribution < 1.29 is 14.3 Å². The number of oxazole rings is 1. The molecule has 0 fully saturated rings. The molecule has 1 aromatic rings. The lowest BCUT2D eigenvalue weighted by Crippen LogP contribution is -2.31. The van der Waals surface area contributed by atoms with Crippen molar-refractivity contribution in [1.82, 2.24) is 4.98 Å². The van der Waals surface area contributed by atoms with Crippen LogP contribution in [0.3, 0.4) is 0 Å². The summed E-state index contributed by atoms with van der Waals surface area (Å²) in [6, 6.07) is 0. The van der Waals surface area contributed by atoms with Crippen molar-refractivity contribution in [2.45, 2.75) is 31.2 Å². The summed E-state index contributed by atoms with van der Waals surface area (Å²) in [7, 11) is 0. The van der Waals surface area contributed by atoms with Crippen molar-refractivity contribution in [1.29, 1.82) is 0 Å². The minimum Gasteiger partial charge on any atom is -0.549 e. The Labute approximate surface area is 80.3 Å². The molecular formula is C8H10NO3S-. The summed E-state index contributed by atoms with van der Waals surface area (Å²) >= 11 is 1.05. The van der Waals surface area contributed by atoms with Crippen LogP contribution in [0, 0.1) is 13.8 Å². The highest BCUT2D eigenvalue weighted by atomic mass is 32.2. The zero-order chi connectivity index (χ0) is 10.0. The van der Waals surface area contributed by atoms with E-state index in [4.69, 9.17) is 4.42 Å². The van der Waals surface area contributed by atoms with E-state index in [2.05, 4.69) is 4.98 Å². The van der Waals surface area contributed by atoms with E-state index >= 15 is 0 Å². The second-order valence-corrected chi connectivity index (χ2v) is 3.99. The lowest BCUT2D eigenvalue weighted by Gasteiger charge is -2.07. The third kappa shape index (κ3) is 2.48. The summed E-state index contributed by atoms with van der Waals surface area (Å²) in [4.78, 5) is 14.4. The van der Waals surface area contributed by atoms with E-state index in [1.165, 1.54) is 6.92 Å². The van der Waals surface area contributed by atoms with Crippen molar-refractivity contribution in [2.75, 3.05) is 0 Å². The number of aromatic nitrogens is 1. The molecular weight excluding hydrogens is 190 g/mol. The molecule has 0 aliphatic rings. The van der Waals surface area contributed by atoms with Crippen LogP contribution in [-0.2, 0) is 4.79 Å². The van der Waals surface area contributed by atoms with Gasteiger partial charge in [0, 0.05) is 0 Å². The molecule has 13 heavy (non-hydrogen) atoms. The third-order valence-corrected chi connectivity index (χ3v) is 2.54.